The number of methoxy groups -OCH3 is 1. The van der Waals surface area contributed by atoms with E-state index >= 15 is 0 Å². The van der Waals surface area contributed by atoms with Crippen molar-refractivity contribution in [3.05, 3.63) is 84.4 Å². The van der Waals surface area contributed by atoms with Crippen molar-refractivity contribution >= 4 is 28.3 Å². The molecular formula is C26H23N3O4. The zero-order valence-electron chi connectivity index (χ0n) is 18.1. The third-order valence-corrected chi connectivity index (χ3v) is 5.38. The maximum absolute atomic E-state index is 13.2. The number of hydrogen-bond donors (Lipinski definition) is 2. The molecular weight excluding hydrogens is 418 g/mol. The summed E-state index contributed by atoms with van der Waals surface area (Å²) < 4.78 is 16.9. The SMILES string of the molecule is COc1ccc(Nc2cc(C(=O)NC[C@@H]3COc4ccccc4O3)c3ccccc3n2)cc1. The molecule has 1 aliphatic heterocycles. The summed E-state index contributed by atoms with van der Waals surface area (Å²) in [4.78, 5) is 17.8. The second-order valence-electron chi connectivity index (χ2n) is 7.63. The number of rotatable bonds is 6. The first-order valence-corrected chi connectivity index (χ1v) is 10.7. The lowest BCUT2D eigenvalue weighted by Gasteiger charge is -2.26. The lowest BCUT2D eigenvalue weighted by atomic mass is 10.1. The summed E-state index contributed by atoms with van der Waals surface area (Å²) in [5.74, 6) is 2.55. The van der Waals surface area contributed by atoms with Crippen molar-refractivity contribution < 1.29 is 19.0 Å². The van der Waals surface area contributed by atoms with Crippen LogP contribution in [-0.2, 0) is 0 Å². The standard InChI is InChI=1S/C26H23N3O4/c1-31-18-12-10-17(11-13-18)28-25-14-21(20-6-2-3-7-22(20)29-25)26(30)27-15-19-16-32-23-8-4-5-9-24(23)33-19/h2-14,19H,15-16H2,1H3,(H,27,30)(H,28,29)/t19-/m1/s1. The molecule has 2 heterocycles. The van der Waals surface area contributed by atoms with E-state index < -0.39 is 0 Å². The topological polar surface area (TPSA) is 81.7 Å². The van der Waals surface area contributed by atoms with Crippen LogP contribution in [0.1, 0.15) is 10.4 Å². The van der Waals surface area contributed by atoms with Crippen molar-refractivity contribution in [3.63, 3.8) is 0 Å². The van der Waals surface area contributed by atoms with E-state index in [1.54, 1.807) is 13.2 Å². The van der Waals surface area contributed by atoms with Crippen molar-refractivity contribution in [2.24, 2.45) is 0 Å². The zero-order valence-corrected chi connectivity index (χ0v) is 18.1. The van der Waals surface area contributed by atoms with Crippen LogP contribution in [0.3, 0.4) is 0 Å². The molecule has 0 bridgehead atoms. The molecule has 0 aliphatic carbocycles. The smallest absolute Gasteiger partial charge is 0.252 e. The molecule has 2 N–H and O–H groups in total. The van der Waals surface area contributed by atoms with Gasteiger partial charge in [0, 0.05) is 11.1 Å². The average molecular weight is 441 g/mol. The highest BCUT2D eigenvalue weighted by molar-refractivity contribution is 6.07. The fourth-order valence-electron chi connectivity index (χ4n) is 3.71. The lowest BCUT2D eigenvalue weighted by Crippen LogP contribution is -2.40. The molecule has 7 nitrogen and oxygen atoms in total. The van der Waals surface area contributed by atoms with Crippen LogP contribution < -0.4 is 24.8 Å². The van der Waals surface area contributed by atoms with E-state index in [-0.39, 0.29) is 12.0 Å². The summed E-state index contributed by atoms with van der Waals surface area (Å²) in [6.45, 7) is 0.698. The van der Waals surface area contributed by atoms with Crippen molar-refractivity contribution in [2.75, 3.05) is 25.6 Å². The Morgan fingerprint density at radius 2 is 1.79 bits per heavy atom. The Labute approximate surface area is 191 Å². The van der Waals surface area contributed by atoms with Gasteiger partial charge in [-0.15, -0.1) is 0 Å². The highest BCUT2D eigenvalue weighted by Crippen LogP contribution is 2.31. The van der Waals surface area contributed by atoms with Crippen molar-refractivity contribution in [2.45, 2.75) is 6.10 Å². The van der Waals surface area contributed by atoms with Gasteiger partial charge in [0.2, 0.25) is 0 Å². The van der Waals surface area contributed by atoms with Crippen molar-refractivity contribution in [1.82, 2.24) is 10.3 Å². The first kappa shape index (κ1) is 20.6. The second-order valence-corrected chi connectivity index (χ2v) is 7.63. The molecule has 5 rings (SSSR count). The number of nitrogens with zero attached hydrogens (tertiary/aromatic N) is 1. The van der Waals surface area contributed by atoms with Gasteiger partial charge in [-0.2, -0.15) is 0 Å². The van der Waals surface area contributed by atoms with Gasteiger partial charge in [0.15, 0.2) is 11.5 Å². The molecule has 0 saturated heterocycles. The van der Waals surface area contributed by atoms with E-state index in [9.17, 15) is 4.79 Å². The Bertz CT molecular complexity index is 1290. The molecule has 0 unspecified atom stereocenters. The van der Waals surface area contributed by atoms with Crippen LogP contribution in [0, 0.1) is 0 Å². The fourth-order valence-corrected chi connectivity index (χ4v) is 3.71. The summed E-state index contributed by atoms with van der Waals surface area (Å²) in [6, 6.07) is 24.4. The minimum Gasteiger partial charge on any atom is -0.497 e. The van der Waals surface area contributed by atoms with E-state index in [2.05, 4.69) is 15.6 Å². The first-order chi connectivity index (χ1) is 16.2. The number of ether oxygens (including phenoxy) is 3. The molecule has 4 aromatic rings. The predicted molar refractivity (Wildman–Crippen MR) is 127 cm³/mol. The molecule has 1 aromatic heterocycles. The molecule has 0 spiro atoms. The van der Waals surface area contributed by atoms with Crippen LogP contribution in [0.15, 0.2) is 78.9 Å². The van der Waals surface area contributed by atoms with Gasteiger partial charge in [-0.3, -0.25) is 4.79 Å². The third kappa shape index (κ3) is 4.52. The Kier molecular flexibility index (Phi) is 5.68. The number of anilines is 2. The molecule has 1 amide bonds. The number of pyridine rings is 1. The Morgan fingerprint density at radius 1 is 1.03 bits per heavy atom. The Morgan fingerprint density at radius 3 is 2.61 bits per heavy atom. The van der Waals surface area contributed by atoms with Gasteiger partial charge in [-0.05, 0) is 48.5 Å². The number of para-hydroxylation sites is 3. The summed E-state index contributed by atoms with van der Waals surface area (Å²) in [5.41, 5.74) is 2.11. The van der Waals surface area contributed by atoms with Crippen LogP contribution in [0.4, 0.5) is 11.5 Å². The van der Waals surface area contributed by atoms with E-state index in [1.807, 2.05) is 72.8 Å². The number of fused-ring (bicyclic) bond motifs is 2. The molecule has 166 valence electrons. The van der Waals surface area contributed by atoms with E-state index in [4.69, 9.17) is 14.2 Å². The van der Waals surface area contributed by atoms with E-state index in [0.29, 0.717) is 30.3 Å². The van der Waals surface area contributed by atoms with Gasteiger partial charge < -0.3 is 24.8 Å². The maximum atomic E-state index is 13.2. The Balaban J connectivity index is 1.34. The number of benzene rings is 3. The molecule has 1 atom stereocenters. The van der Waals surface area contributed by atoms with Crippen molar-refractivity contribution in [1.29, 1.82) is 0 Å². The predicted octanol–water partition coefficient (Wildman–Crippen LogP) is 4.56. The van der Waals surface area contributed by atoms with Gasteiger partial charge in [-0.25, -0.2) is 4.98 Å². The highest BCUT2D eigenvalue weighted by Gasteiger charge is 2.22. The summed E-state index contributed by atoms with van der Waals surface area (Å²) in [7, 11) is 1.63. The molecule has 0 saturated carbocycles. The van der Waals surface area contributed by atoms with Gasteiger partial charge >= 0.3 is 0 Å². The molecule has 1 aliphatic rings. The largest absolute Gasteiger partial charge is 0.497 e. The van der Waals surface area contributed by atoms with Crippen LogP contribution in [-0.4, -0.2) is 37.3 Å². The highest BCUT2D eigenvalue weighted by atomic mass is 16.6. The lowest BCUT2D eigenvalue weighted by molar-refractivity contribution is 0.0790. The van der Waals surface area contributed by atoms with Crippen molar-refractivity contribution in [3.8, 4) is 17.2 Å². The fraction of sp³-hybridized carbons (Fsp3) is 0.154. The van der Waals surface area contributed by atoms with E-state index in [0.717, 1.165) is 28.1 Å². The normalized spacial score (nSPS) is 14.5. The number of hydrogen-bond acceptors (Lipinski definition) is 6. The molecule has 0 fully saturated rings. The van der Waals surface area contributed by atoms with Crippen LogP contribution in [0.2, 0.25) is 0 Å². The average Bonchev–Trinajstić information content (AvgIpc) is 2.87. The van der Waals surface area contributed by atoms with Crippen LogP contribution in [0.25, 0.3) is 10.9 Å². The van der Waals surface area contributed by atoms with Gasteiger partial charge in [0.25, 0.3) is 5.91 Å². The third-order valence-electron chi connectivity index (χ3n) is 5.38. The van der Waals surface area contributed by atoms with Crippen LogP contribution in [0.5, 0.6) is 17.2 Å². The minimum absolute atomic E-state index is 0.200. The second kappa shape index (κ2) is 9.08. The molecule has 33 heavy (non-hydrogen) atoms. The molecule has 7 heteroatoms. The van der Waals surface area contributed by atoms with Gasteiger partial charge in [0.1, 0.15) is 24.3 Å². The number of carbonyl (C=O) groups is 1. The quantitative estimate of drug-likeness (QED) is 0.457. The summed E-state index contributed by atoms with van der Waals surface area (Å²) in [6.07, 6.45) is -0.270. The minimum atomic E-state index is -0.270. The van der Waals surface area contributed by atoms with E-state index in [1.165, 1.54) is 0 Å². The number of amides is 1. The van der Waals surface area contributed by atoms with Crippen LogP contribution >= 0.6 is 0 Å². The first-order valence-electron chi connectivity index (χ1n) is 10.7. The summed E-state index contributed by atoms with van der Waals surface area (Å²) >= 11 is 0. The summed E-state index contributed by atoms with van der Waals surface area (Å²) in [5, 5.41) is 7.03. The van der Waals surface area contributed by atoms with Gasteiger partial charge in [0.05, 0.1) is 24.7 Å². The zero-order chi connectivity index (χ0) is 22.6. The number of nitrogens with one attached hydrogen (secondary N) is 2. The van der Waals surface area contributed by atoms with Gasteiger partial charge in [-0.1, -0.05) is 30.3 Å². The number of carbonyl (C=O) groups excluding carboxylic acids is 1. The Hall–Kier alpha value is -4.26. The monoisotopic (exact) mass is 441 g/mol. The molecule has 0 radical (unpaired) electrons. The maximum Gasteiger partial charge on any atom is 0.252 e. The molecule has 3 aromatic carbocycles. The number of aromatic nitrogens is 1.